The zero-order valence-electron chi connectivity index (χ0n) is 6.67. The Labute approximate surface area is 78.8 Å². The minimum atomic E-state index is -0.706. The van der Waals surface area contributed by atoms with Crippen LogP contribution in [0, 0.1) is 0 Å². The first kappa shape index (κ1) is 8.29. The Kier molecular flexibility index (Phi) is 1.98. The molecule has 0 saturated carbocycles. The van der Waals surface area contributed by atoms with Gasteiger partial charge < -0.3 is 13.9 Å². The maximum Gasteiger partial charge on any atom is 0.226 e. The maximum absolute atomic E-state index is 5.42. The predicted octanol–water partition coefficient (Wildman–Crippen LogP) is 2.26. The second-order valence-electron chi connectivity index (χ2n) is 2.74. The minimum absolute atomic E-state index is 0.615. The molecule has 2 rings (SSSR count). The molecule has 1 aromatic heterocycles. The lowest BCUT2D eigenvalue weighted by atomic mass is 10.2. The molecule has 0 unspecified atom stereocenters. The van der Waals surface area contributed by atoms with Crippen molar-refractivity contribution < 1.29 is 13.9 Å². The van der Waals surface area contributed by atoms with Crippen LogP contribution in [-0.2, 0) is 15.3 Å². The van der Waals surface area contributed by atoms with Gasteiger partial charge in [0.25, 0.3) is 0 Å². The molecular formula is C8H9BrO3. The van der Waals surface area contributed by atoms with Crippen molar-refractivity contribution in [3.8, 4) is 0 Å². The van der Waals surface area contributed by atoms with Crippen LogP contribution in [0.15, 0.2) is 21.2 Å². The van der Waals surface area contributed by atoms with Crippen LogP contribution >= 0.6 is 15.9 Å². The lowest BCUT2D eigenvalue weighted by Crippen LogP contribution is -2.21. The van der Waals surface area contributed by atoms with Gasteiger partial charge in [-0.3, -0.25) is 0 Å². The first-order valence-corrected chi connectivity index (χ1v) is 4.53. The van der Waals surface area contributed by atoms with Crippen LogP contribution in [-0.4, -0.2) is 13.2 Å². The molecule has 0 amide bonds. The molecule has 1 saturated heterocycles. The third-order valence-electron chi connectivity index (χ3n) is 1.87. The molecular weight excluding hydrogens is 224 g/mol. The average molecular weight is 233 g/mol. The van der Waals surface area contributed by atoms with E-state index in [1.165, 1.54) is 0 Å². The van der Waals surface area contributed by atoms with E-state index in [1.807, 2.05) is 13.0 Å². The zero-order valence-corrected chi connectivity index (χ0v) is 8.26. The topological polar surface area (TPSA) is 31.6 Å². The summed E-state index contributed by atoms with van der Waals surface area (Å²) in [6.45, 7) is 3.08. The first-order valence-electron chi connectivity index (χ1n) is 3.74. The zero-order chi connectivity index (χ0) is 8.60. The van der Waals surface area contributed by atoms with E-state index in [2.05, 4.69) is 15.9 Å². The number of ether oxygens (including phenoxy) is 2. The number of rotatable bonds is 1. The van der Waals surface area contributed by atoms with Crippen molar-refractivity contribution in [1.29, 1.82) is 0 Å². The first-order chi connectivity index (χ1) is 5.72. The number of hydrogen-bond acceptors (Lipinski definition) is 3. The van der Waals surface area contributed by atoms with Crippen LogP contribution < -0.4 is 0 Å². The summed E-state index contributed by atoms with van der Waals surface area (Å²) in [6, 6.07) is 1.83. The predicted molar refractivity (Wildman–Crippen MR) is 45.7 cm³/mol. The summed E-state index contributed by atoms with van der Waals surface area (Å²) in [5.41, 5.74) is 0. The second-order valence-corrected chi connectivity index (χ2v) is 3.59. The van der Waals surface area contributed by atoms with Gasteiger partial charge in [0, 0.05) is 0 Å². The minimum Gasteiger partial charge on any atom is -0.462 e. The van der Waals surface area contributed by atoms with Crippen LogP contribution in [0.3, 0.4) is 0 Å². The summed E-state index contributed by atoms with van der Waals surface area (Å²) in [6.07, 6.45) is 1.61. The van der Waals surface area contributed by atoms with Crippen molar-refractivity contribution in [2.75, 3.05) is 13.2 Å². The molecule has 1 aliphatic heterocycles. The van der Waals surface area contributed by atoms with E-state index in [-0.39, 0.29) is 0 Å². The van der Waals surface area contributed by atoms with Crippen LogP contribution in [0.25, 0.3) is 0 Å². The monoisotopic (exact) mass is 232 g/mol. The molecule has 1 aromatic rings. The van der Waals surface area contributed by atoms with Gasteiger partial charge in [-0.15, -0.1) is 0 Å². The standard InChI is InChI=1S/C8H9BrO3/c1-8(11-4-5-12-8)7-6(9)2-3-10-7/h2-3H,4-5H2,1H3. The van der Waals surface area contributed by atoms with Gasteiger partial charge in [0.1, 0.15) is 0 Å². The Morgan fingerprint density at radius 2 is 2.08 bits per heavy atom. The van der Waals surface area contributed by atoms with Crippen molar-refractivity contribution in [1.82, 2.24) is 0 Å². The summed E-state index contributed by atoms with van der Waals surface area (Å²) in [5.74, 6) is -0.0116. The molecule has 4 heteroatoms. The molecule has 0 bridgehead atoms. The molecule has 2 heterocycles. The van der Waals surface area contributed by atoms with Gasteiger partial charge >= 0.3 is 0 Å². The number of halogens is 1. The Morgan fingerprint density at radius 3 is 2.58 bits per heavy atom. The number of hydrogen-bond donors (Lipinski definition) is 0. The lowest BCUT2D eigenvalue weighted by Gasteiger charge is -2.19. The quantitative estimate of drug-likeness (QED) is 0.745. The second kappa shape index (κ2) is 2.87. The van der Waals surface area contributed by atoms with Crippen LogP contribution in [0.1, 0.15) is 12.7 Å². The average Bonchev–Trinajstić information content (AvgIpc) is 2.59. The molecule has 0 radical (unpaired) electrons. The van der Waals surface area contributed by atoms with E-state index >= 15 is 0 Å². The highest BCUT2D eigenvalue weighted by molar-refractivity contribution is 9.10. The van der Waals surface area contributed by atoms with E-state index in [4.69, 9.17) is 13.9 Å². The van der Waals surface area contributed by atoms with Crippen LogP contribution in [0.5, 0.6) is 0 Å². The molecule has 0 spiro atoms. The van der Waals surface area contributed by atoms with Gasteiger partial charge in [0.05, 0.1) is 23.9 Å². The molecule has 1 fully saturated rings. The molecule has 0 aliphatic carbocycles. The summed E-state index contributed by atoms with van der Waals surface area (Å²) in [5, 5.41) is 0. The van der Waals surface area contributed by atoms with E-state index in [1.54, 1.807) is 6.26 Å². The van der Waals surface area contributed by atoms with Crippen LogP contribution in [0.2, 0.25) is 0 Å². The van der Waals surface area contributed by atoms with E-state index in [9.17, 15) is 0 Å². The van der Waals surface area contributed by atoms with Gasteiger partial charge in [-0.05, 0) is 28.9 Å². The normalized spacial score (nSPS) is 21.5. The molecule has 0 aromatic carbocycles. The fraction of sp³-hybridized carbons (Fsp3) is 0.500. The molecule has 3 nitrogen and oxygen atoms in total. The SMILES string of the molecule is CC1(c2occc2Br)OCCO1. The largest absolute Gasteiger partial charge is 0.462 e. The molecule has 0 N–H and O–H groups in total. The van der Waals surface area contributed by atoms with Gasteiger partial charge in [-0.1, -0.05) is 0 Å². The van der Waals surface area contributed by atoms with Gasteiger partial charge in [-0.25, -0.2) is 0 Å². The third kappa shape index (κ3) is 1.20. The summed E-state index contributed by atoms with van der Waals surface area (Å²) >= 11 is 3.36. The molecule has 66 valence electrons. The fourth-order valence-electron chi connectivity index (χ4n) is 1.26. The van der Waals surface area contributed by atoms with Gasteiger partial charge in [0.15, 0.2) is 5.76 Å². The Morgan fingerprint density at radius 1 is 1.42 bits per heavy atom. The summed E-state index contributed by atoms with van der Waals surface area (Å²) < 4.78 is 17.0. The Hall–Kier alpha value is -0.320. The maximum atomic E-state index is 5.42. The fourth-order valence-corrected chi connectivity index (χ4v) is 1.82. The van der Waals surface area contributed by atoms with E-state index < -0.39 is 5.79 Å². The van der Waals surface area contributed by atoms with E-state index in [0.29, 0.717) is 19.0 Å². The van der Waals surface area contributed by atoms with Gasteiger partial charge in [0.2, 0.25) is 5.79 Å². The molecule has 1 aliphatic rings. The highest BCUT2D eigenvalue weighted by atomic mass is 79.9. The smallest absolute Gasteiger partial charge is 0.226 e. The Bertz CT molecular complexity index is 276. The molecule has 0 atom stereocenters. The van der Waals surface area contributed by atoms with Gasteiger partial charge in [-0.2, -0.15) is 0 Å². The number of furan rings is 1. The van der Waals surface area contributed by atoms with Crippen molar-refractivity contribution in [3.63, 3.8) is 0 Å². The third-order valence-corrected chi connectivity index (χ3v) is 2.49. The summed E-state index contributed by atoms with van der Waals surface area (Å²) in [4.78, 5) is 0. The lowest BCUT2D eigenvalue weighted by molar-refractivity contribution is -0.163. The summed E-state index contributed by atoms with van der Waals surface area (Å²) in [7, 11) is 0. The highest BCUT2D eigenvalue weighted by Gasteiger charge is 2.37. The van der Waals surface area contributed by atoms with Crippen molar-refractivity contribution >= 4 is 15.9 Å². The highest BCUT2D eigenvalue weighted by Crippen LogP contribution is 2.35. The van der Waals surface area contributed by atoms with Crippen LogP contribution in [0.4, 0.5) is 0 Å². The van der Waals surface area contributed by atoms with E-state index in [0.717, 1.165) is 4.47 Å². The van der Waals surface area contributed by atoms with Crippen molar-refractivity contribution in [2.45, 2.75) is 12.7 Å². The molecule has 12 heavy (non-hydrogen) atoms. The Balaban J connectivity index is 2.34. The van der Waals surface area contributed by atoms with Crippen molar-refractivity contribution in [3.05, 3.63) is 22.6 Å². The van der Waals surface area contributed by atoms with Crippen molar-refractivity contribution in [2.24, 2.45) is 0 Å².